The van der Waals surface area contributed by atoms with Gasteiger partial charge in [0.2, 0.25) is 12.6 Å². The first-order chi connectivity index (χ1) is 31.0. The molecule has 65 heavy (non-hydrogen) atoms. The van der Waals surface area contributed by atoms with Gasteiger partial charge < -0.3 is 104 Å². The third-order valence-electron chi connectivity index (χ3n) is 10.8. The highest BCUT2D eigenvalue weighted by Gasteiger charge is 2.52. The van der Waals surface area contributed by atoms with Crippen molar-refractivity contribution in [1.29, 1.82) is 0 Å². The number of benzene rings is 3. The van der Waals surface area contributed by atoms with E-state index in [-0.39, 0.29) is 39.9 Å². The van der Waals surface area contributed by atoms with Gasteiger partial charge in [-0.3, -0.25) is 4.79 Å². The van der Waals surface area contributed by atoms with Crippen molar-refractivity contribution in [2.45, 2.75) is 92.1 Å². The first-order valence-electron chi connectivity index (χ1n) is 19.9. The zero-order chi connectivity index (χ0) is 46.9. The quantitative estimate of drug-likeness (QED) is 0.0360. The number of phenolic OH excluding ortho intramolecular Hbond substituents is 3. The van der Waals surface area contributed by atoms with Crippen molar-refractivity contribution in [2.75, 3.05) is 19.8 Å². The van der Waals surface area contributed by atoms with Crippen LogP contribution >= 0.6 is 0 Å². The first kappa shape index (κ1) is 47.5. The number of phenols is 3. The Morgan fingerprint density at radius 2 is 1.22 bits per heavy atom. The van der Waals surface area contributed by atoms with Crippen LogP contribution in [0.25, 0.3) is 28.7 Å². The maximum absolute atomic E-state index is 12.9. The number of carbonyl (C=O) groups excluding carboxylic acids is 1. The van der Waals surface area contributed by atoms with Gasteiger partial charge in [-0.2, -0.15) is 0 Å². The molecular formula is C42H46O23. The topological polar surface area (TPSA) is 375 Å². The summed E-state index contributed by atoms with van der Waals surface area (Å²) in [4.78, 5) is 25.5. The molecule has 23 heteroatoms. The molecule has 0 saturated carbocycles. The van der Waals surface area contributed by atoms with E-state index >= 15 is 0 Å². The predicted octanol–water partition coefficient (Wildman–Crippen LogP) is -3.03. The Kier molecular flexibility index (Phi) is 14.6. The minimum atomic E-state index is -2.06. The summed E-state index contributed by atoms with van der Waals surface area (Å²) in [6.07, 6.45) is -25.2. The minimum Gasteiger partial charge on any atom is -0.508 e. The largest absolute Gasteiger partial charge is 0.508 e. The second-order valence-corrected chi connectivity index (χ2v) is 15.3. The van der Waals surface area contributed by atoms with Gasteiger partial charge in [-0.25, -0.2) is 4.79 Å². The van der Waals surface area contributed by atoms with E-state index < -0.39 is 135 Å². The SMILES string of the molecule is O=C(C=Cc1ccc(O)c(O)c1)OC[C@H]1O[C@@H](O[C@H]2[C@H](Oc3cc4c(O[C@@H]5O[C@H](CO)[C@@H](O)[C@H](O)[C@H]5O)cc(=O)cc-4oc3-c3ccc(O)cc3)O[C@H](CO)[C@@H](O)[C@@H]2O)[C@H](O)[C@@H](O)[C@@H]1O. The summed E-state index contributed by atoms with van der Waals surface area (Å²) in [6.45, 7) is -2.41. The summed E-state index contributed by atoms with van der Waals surface area (Å²) >= 11 is 0. The molecule has 4 heterocycles. The molecule has 352 valence electrons. The average Bonchev–Trinajstić information content (AvgIpc) is 3.29. The molecule has 4 aliphatic heterocycles. The van der Waals surface area contributed by atoms with Crippen LogP contribution in [-0.2, 0) is 28.5 Å². The maximum Gasteiger partial charge on any atom is 0.330 e. The number of aliphatic hydroxyl groups excluding tert-OH is 10. The van der Waals surface area contributed by atoms with Crippen LogP contribution in [0.2, 0.25) is 0 Å². The van der Waals surface area contributed by atoms with Gasteiger partial charge in [-0.05, 0) is 54.1 Å². The zero-order valence-electron chi connectivity index (χ0n) is 33.6. The molecule has 0 spiro atoms. The average molecular weight is 919 g/mol. The van der Waals surface area contributed by atoms with Gasteiger partial charge in [0.25, 0.3) is 0 Å². The Labute approximate surface area is 366 Å². The zero-order valence-corrected chi connectivity index (χ0v) is 33.6. The highest BCUT2D eigenvalue weighted by molar-refractivity contribution is 5.87. The molecule has 0 aromatic heterocycles. The van der Waals surface area contributed by atoms with Crippen molar-refractivity contribution in [3.63, 3.8) is 0 Å². The van der Waals surface area contributed by atoms with Gasteiger partial charge in [0.1, 0.15) is 91.0 Å². The van der Waals surface area contributed by atoms with Crippen molar-refractivity contribution >= 4 is 12.0 Å². The van der Waals surface area contributed by atoms with Crippen LogP contribution in [0.5, 0.6) is 28.7 Å². The molecule has 5 aliphatic rings. The normalized spacial score (nSPS) is 32.9. The van der Waals surface area contributed by atoms with Crippen LogP contribution in [0.4, 0.5) is 0 Å². The molecule has 3 fully saturated rings. The van der Waals surface area contributed by atoms with Crippen LogP contribution in [-0.4, -0.2) is 184 Å². The molecule has 15 atom stereocenters. The number of rotatable bonds is 13. The Balaban J connectivity index is 1.19. The molecule has 0 bridgehead atoms. The predicted molar refractivity (Wildman–Crippen MR) is 213 cm³/mol. The van der Waals surface area contributed by atoms with Crippen molar-refractivity contribution in [1.82, 2.24) is 0 Å². The number of hydrogen-bond donors (Lipinski definition) is 13. The van der Waals surface area contributed by atoms with Crippen molar-refractivity contribution < 1.29 is 109 Å². The molecular weight excluding hydrogens is 872 g/mol. The molecule has 23 nitrogen and oxygen atoms in total. The van der Waals surface area contributed by atoms with E-state index in [9.17, 15) is 76.0 Å². The second-order valence-electron chi connectivity index (χ2n) is 15.3. The molecule has 7 rings (SSSR count). The first-order valence-corrected chi connectivity index (χ1v) is 19.9. The number of aliphatic hydroxyl groups is 10. The summed E-state index contributed by atoms with van der Waals surface area (Å²) in [7, 11) is 0. The van der Waals surface area contributed by atoms with Crippen LogP contribution in [0.1, 0.15) is 5.56 Å². The fraction of sp³-hybridized carbons (Fsp3) is 0.429. The smallest absolute Gasteiger partial charge is 0.330 e. The lowest BCUT2D eigenvalue weighted by molar-refractivity contribution is -0.358. The summed E-state index contributed by atoms with van der Waals surface area (Å²) in [5.74, 6) is -2.95. The summed E-state index contributed by atoms with van der Waals surface area (Å²) < 4.78 is 46.3. The van der Waals surface area contributed by atoms with Crippen molar-refractivity contribution in [2.24, 2.45) is 0 Å². The molecule has 1 aliphatic carbocycles. The molecule has 3 saturated heterocycles. The number of fused-ring (bicyclic) bond motifs is 1. The Bertz CT molecular complexity index is 2320. The van der Waals surface area contributed by atoms with Crippen molar-refractivity contribution in [3.05, 3.63) is 82.5 Å². The van der Waals surface area contributed by atoms with E-state index in [4.69, 9.17) is 37.6 Å². The number of carbonyl (C=O) groups is 1. The highest BCUT2D eigenvalue weighted by Crippen LogP contribution is 2.43. The van der Waals surface area contributed by atoms with E-state index in [2.05, 4.69) is 0 Å². The van der Waals surface area contributed by atoms with Gasteiger partial charge in [-0.15, -0.1) is 0 Å². The molecule has 2 aromatic carbocycles. The lowest BCUT2D eigenvalue weighted by Gasteiger charge is -2.46. The van der Waals surface area contributed by atoms with E-state index in [1.54, 1.807) is 0 Å². The summed E-state index contributed by atoms with van der Waals surface area (Å²) in [5.41, 5.74) is -0.240. The lowest BCUT2D eigenvalue weighted by atomic mass is 9.97. The van der Waals surface area contributed by atoms with Gasteiger partial charge in [0.05, 0.1) is 18.8 Å². The maximum atomic E-state index is 12.9. The van der Waals surface area contributed by atoms with Crippen LogP contribution in [0.3, 0.4) is 0 Å². The Morgan fingerprint density at radius 1 is 0.615 bits per heavy atom. The van der Waals surface area contributed by atoms with Gasteiger partial charge >= 0.3 is 5.97 Å². The van der Waals surface area contributed by atoms with Crippen molar-refractivity contribution in [3.8, 4) is 51.4 Å². The second kappa shape index (κ2) is 19.9. The molecule has 0 unspecified atom stereocenters. The van der Waals surface area contributed by atoms with Crippen LogP contribution in [0, 0.1) is 0 Å². The number of esters is 1. The highest BCUT2D eigenvalue weighted by atomic mass is 16.8. The summed E-state index contributed by atoms with van der Waals surface area (Å²) in [6, 6.07) is 12.3. The van der Waals surface area contributed by atoms with E-state index in [0.717, 1.165) is 18.2 Å². The van der Waals surface area contributed by atoms with E-state index in [1.807, 2.05) is 0 Å². The fourth-order valence-corrected chi connectivity index (χ4v) is 7.21. The van der Waals surface area contributed by atoms with E-state index in [0.29, 0.717) is 5.56 Å². The number of ether oxygens (including phenoxy) is 7. The third kappa shape index (κ3) is 10.2. The molecule has 13 N–H and O–H groups in total. The number of aromatic hydroxyl groups is 3. The standard InChI is InChI=1S/C42H46O23/c43-13-26-30(50)33(53)36(56)40(62-26)60-24-11-19(46)10-23-20(24)12-25(38(59-23)17-3-5-18(45)6-4-17)61-42-39(35(55)31(51)27(14-44)63-42)65-41-37(57)34(54)32(52)28(64-41)15-58-29(49)8-2-16-1-7-21(47)22(48)9-16/h1-12,26-28,30-37,39-45,47-48,50-57H,13-15H2/t26-,27-,28-,30-,31-,32-,33+,34+,35+,36-,37-,39-,40-,41+,42-/m1/s1. The van der Waals surface area contributed by atoms with Gasteiger partial charge in [-0.1, -0.05) is 6.07 Å². The monoisotopic (exact) mass is 918 g/mol. The molecule has 0 radical (unpaired) electrons. The number of hydrogen-bond acceptors (Lipinski definition) is 23. The minimum absolute atomic E-state index is 0.0664. The third-order valence-corrected chi connectivity index (χ3v) is 10.8. The summed E-state index contributed by atoms with van der Waals surface area (Å²) in [5, 5.41) is 135. The van der Waals surface area contributed by atoms with Crippen LogP contribution < -0.4 is 14.9 Å². The van der Waals surface area contributed by atoms with Gasteiger partial charge in [0, 0.05) is 23.8 Å². The van der Waals surface area contributed by atoms with Crippen LogP contribution in [0.15, 0.2) is 76.0 Å². The molecule has 0 amide bonds. The Hall–Kier alpha value is -5.48. The fourth-order valence-electron chi connectivity index (χ4n) is 7.21. The van der Waals surface area contributed by atoms with Gasteiger partial charge in [0.15, 0.2) is 40.8 Å². The van der Waals surface area contributed by atoms with E-state index in [1.165, 1.54) is 54.6 Å². The Morgan fingerprint density at radius 3 is 1.88 bits per heavy atom. The molecule has 2 aromatic rings. The lowest BCUT2D eigenvalue weighted by Crippen LogP contribution is -2.65.